The Kier molecular flexibility index (Phi) is 4.49. The van der Waals surface area contributed by atoms with Crippen molar-refractivity contribution in [2.24, 2.45) is 5.11 Å². The molecule has 128 valence electrons. The Hall–Kier alpha value is -3.00. The zero-order valence-electron chi connectivity index (χ0n) is 15.0. The van der Waals surface area contributed by atoms with Gasteiger partial charge in [0.15, 0.2) is 0 Å². The van der Waals surface area contributed by atoms with Crippen LogP contribution in [0.1, 0.15) is 19.8 Å². The molecule has 0 amide bonds. The first-order chi connectivity index (χ1) is 12.8. The van der Waals surface area contributed by atoms with Crippen LogP contribution in [0.3, 0.4) is 0 Å². The van der Waals surface area contributed by atoms with Crippen LogP contribution in [0.5, 0.6) is 0 Å². The van der Waals surface area contributed by atoms with Crippen molar-refractivity contribution >= 4 is 43.1 Å². The summed E-state index contributed by atoms with van der Waals surface area (Å²) in [5.74, 6) is 0. The lowest BCUT2D eigenvalue weighted by Gasteiger charge is -2.13. The summed E-state index contributed by atoms with van der Waals surface area (Å²) >= 11 is 0. The second-order valence-corrected chi connectivity index (χ2v) is 6.65. The number of nitrogens with zero attached hydrogens (tertiary/aromatic N) is 1. The number of nitrogens with one attached hydrogen (secondary N) is 1. The van der Waals surface area contributed by atoms with Gasteiger partial charge < -0.3 is 0 Å². The molecule has 5 aromatic carbocycles. The van der Waals surface area contributed by atoms with E-state index in [-0.39, 0.29) is 0 Å². The van der Waals surface area contributed by atoms with Crippen molar-refractivity contribution in [3.05, 3.63) is 72.8 Å². The summed E-state index contributed by atoms with van der Waals surface area (Å²) in [5, 5.41) is 14.1. The quantitative estimate of drug-likeness (QED) is 0.152. The van der Waals surface area contributed by atoms with E-state index < -0.39 is 0 Å². The number of rotatable bonds is 3. The predicted octanol–water partition coefficient (Wildman–Crippen LogP) is 7.55. The van der Waals surface area contributed by atoms with E-state index in [1.165, 1.54) is 43.1 Å². The molecule has 5 rings (SSSR count). The largest absolute Gasteiger partial charge is 0.210 e. The normalized spacial score (nSPS) is 11.1. The minimum atomic E-state index is 0.705. The Morgan fingerprint density at radius 3 is 1.31 bits per heavy atom. The highest BCUT2D eigenvalue weighted by Crippen LogP contribution is 2.39. The van der Waals surface area contributed by atoms with Gasteiger partial charge in [-0.25, -0.2) is 5.53 Å². The summed E-state index contributed by atoms with van der Waals surface area (Å²) in [6.45, 7) is 2.79. The van der Waals surface area contributed by atoms with Crippen LogP contribution in [0, 0.1) is 5.53 Å². The lowest BCUT2D eigenvalue weighted by molar-refractivity contribution is 0.763. The molecule has 0 radical (unpaired) electrons. The zero-order chi connectivity index (χ0) is 17.9. The molecule has 2 nitrogen and oxygen atoms in total. The van der Waals surface area contributed by atoms with Gasteiger partial charge in [0.1, 0.15) is 0 Å². The summed E-state index contributed by atoms with van der Waals surface area (Å²) in [6.07, 6.45) is 2.20. The maximum atomic E-state index is 6.33. The molecule has 0 bridgehead atoms. The summed E-state index contributed by atoms with van der Waals surface area (Å²) in [5.41, 5.74) is 6.33. The Balaban J connectivity index is 0.000000246. The van der Waals surface area contributed by atoms with Gasteiger partial charge in [-0.2, -0.15) is 5.11 Å². The van der Waals surface area contributed by atoms with Gasteiger partial charge in [0, 0.05) is 0 Å². The molecule has 0 aromatic heterocycles. The van der Waals surface area contributed by atoms with E-state index in [0.29, 0.717) is 6.54 Å². The highest BCUT2D eigenvalue weighted by molar-refractivity contribution is 6.32. The number of hydrogen-bond acceptors (Lipinski definition) is 2. The highest BCUT2D eigenvalue weighted by atomic mass is 14.9. The minimum Gasteiger partial charge on any atom is -0.210 e. The summed E-state index contributed by atoms with van der Waals surface area (Å²) < 4.78 is 0. The fourth-order valence-corrected chi connectivity index (χ4v) is 3.82. The first-order valence-electron chi connectivity index (χ1n) is 9.22. The van der Waals surface area contributed by atoms with Gasteiger partial charge in [-0.15, -0.1) is 0 Å². The van der Waals surface area contributed by atoms with E-state index in [2.05, 4.69) is 84.8 Å². The van der Waals surface area contributed by atoms with Crippen LogP contribution in [-0.2, 0) is 0 Å². The van der Waals surface area contributed by atoms with Crippen molar-refractivity contribution in [1.29, 1.82) is 5.53 Å². The first-order valence-corrected chi connectivity index (χ1v) is 9.22. The molecule has 0 aliphatic carbocycles. The maximum Gasteiger partial charge on any atom is 0.0596 e. The molecule has 0 unspecified atom stereocenters. The predicted molar refractivity (Wildman–Crippen MR) is 113 cm³/mol. The average Bonchev–Trinajstić information content (AvgIpc) is 2.70. The molecule has 5 aromatic rings. The molecular formula is C24H22N2. The third-order valence-electron chi connectivity index (χ3n) is 5.01. The third-order valence-corrected chi connectivity index (χ3v) is 5.01. The number of fused-ring (bicyclic) bond motifs is 2. The molecule has 0 saturated heterocycles. The second kappa shape index (κ2) is 7.09. The standard InChI is InChI=1S/C20H12.C4H10N2/c1-5-13-6-2-11-17-18-12-4-8-14-7-3-10-16(20(14)18)15(9-1)19(13)17;1-2-3-4-6-5/h1-12H;5H,2-4H2,1H3. The molecule has 0 aliphatic heterocycles. The Bertz CT molecular complexity index is 1020. The molecule has 0 atom stereocenters. The zero-order valence-corrected chi connectivity index (χ0v) is 15.0. The van der Waals surface area contributed by atoms with Crippen molar-refractivity contribution in [2.45, 2.75) is 19.8 Å². The number of benzene rings is 5. The molecule has 0 fully saturated rings. The third kappa shape index (κ3) is 2.68. The van der Waals surface area contributed by atoms with Gasteiger partial charge in [0.05, 0.1) is 6.54 Å². The molecule has 0 heterocycles. The Morgan fingerprint density at radius 2 is 1.04 bits per heavy atom. The second-order valence-electron chi connectivity index (χ2n) is 6.65. The lowest BCUT2D eigenvalue weighted by atomic mass is 9.90. The van der Waals surface area contributed by atoms with Gasteiger partial charge >= 0.3 is 0 Å². The smallest absolute Gasteiger partial charge is 0.0596 e. The molecule has 2 heteroatoms. The van der Waals surface area contributed by atoms with E-state index in [1.807, 2.05) is 0 Å². The van der Waals surface area contributed by atoms with Crippen molar-refractivity contribution in [1.82, 2.24) is 0 Å². The van der Waals surface area contributed by atoms with Crippen molar-refractivity contribution in [2.75, 3.05) is 6.54 Å². The van der Waals surface area contributed by atoms with Gasteiger partial charge in [0.25, 0.3) is 0 Å². The van der Waals surface area contributed by atoms with Gasteiger partial charge in [-0.3, -0.25) is 0 Å². The SMILES string of the molecule is CCCCN=N.c1cc2cccc3c4cccc5cccc(c(c1)c23)c54. The fourth-order valence-electron chi connectivity index (χ4n) is 3.82. The molecule has 26 heavy (non-hydrogen) atoms. The van der Waals surface area contributed by atoms with Crippen molar-refractivity contribution in [3.63, 3.8) is 0 Å². The topological polar surface area (TPSA) is 36.2 Å². The van der Waals surface area contributed by atoms with E-state index in [4.69, 9.17) is 5.53 Å². The first kappa shape index (κ1) is 16.5. The number of unbranched alkanes of at least 4 members (excludes halogenated alkanes) is 1. The monoisotopic (exact) mass is 338 g/mol. The van der Waals surface area contributed by atoms with Gasteiger partial charge in [0.2, 0.25) is 0 Å². The Morgan fingerprint density at radius 1 is 0.654 bits per heavy atom. The van der Waals surface area contributed by atoms with Crippen LogP contribution in [-0.4, -0.2) is 6.54 Å². The molecule has 0 aliphatic rings. The van der Waals surface area contributed by atoms with Gasteiger partial charge in [-0.1, -0.05) is 86.1 Å². The molecule has 0 spiro atoms. The van der Waals surface area contributed by atoms with Crippen LogP contribution in [0.25, 0.3) is 43.1 Å². The van der Waals surface area contributed by atoms with Crippen molar-refractivity contribution in [3.8, 4) is 0 Å². The van der Waals surface area contributed by atoms with E-state index in [9.17, 15) is 0 Å². The summed E-state index contributed by atoms with van der Waals surface area (Å²) in [7, 11) is 0. The van der Waals surface area contributed by atoms with Crippen LogP contribution in [0.15, 0.2) is 77.9 Å². The summed E-state index contributed by atoms with van der Waals surface area (Å²) in [6, 6.07) is 26.4. The van der Waals surface area contributed by atoms with E-state index in [0.717, 1.165) is 12.8 Å². The minimum absolute atomic E-state index is 0.705. The lowest BCUT2D eigenvalue weighted by Crippen LogP contribution is -1.85. The fraction of sp³-hybridized carbons (Fsp3) is 0.167. The Labute approximate surface area is 153 Å². The van der Waals surface area contributed by atoms with E-state index >= 15 is 0 Å². The highest BCUT2D eigenvalue weighted by Gasteiger charge is 2.11. The molecular weight excluding hydrogens is 316 g/mol. The number of hydrogen-bond donors (Lipinski definition) is 1. The van der Waals surface area contributed by atoms with Crippen LogP contribution in [0.4, 0.5) is 0 Å². The maximum absolute atomic E-state index is 6.33. The average molecular weight is 338 g/mol. The van der Waals surface area contributed by atoms with Crippen LogP contribution in [0.2, 0.25) is 0 Å². The van der Waals surface area contributed by atoms with Crippen molar-refractivity contribution < 1.29 is 0 Å². The van der Waals surface area contributed by atoms with Gasteiger partial charge in [-0.05, 0) is 49.5 Å². The molecule has 1 N–H and O–H groups in total. The molecule has 0 saturated carbocycles. The summed E-state index contributed by atoms with van der Waals surface area (Å²) in [4.78, 5) is 0. The van der Waals surface area contributed by atoms with Crippen LogP contribution < -0.4 is 0 Å². The van der Waals surface area contributed by atoms with E-state index in [1.54, 1.807) is 0 Å². The van der Waals surface area contributed by atoms with Crippen LogP contribution >= 0.6 is 0 Å².